The first kappa shape index (κ1) is 16.9. The van der Waals surface area contributed by atoms with Gasteiger partial charge in [-0.1, -0.05) is 45.7 Å². The molecular formula is C14H25N3O2S. The van der Waals surface area contributed by atoms with Crippen LogP contribution in [0.3, 0.4) is 0 Å². The molecule has 6 heteroatoms. The van der Waals surface area contributed by atoms with Crippen LogP contribution in [0.2, 0.25) is 0 Å². The van der Waals surface area contributed by atoms with Crippen molar-refractivity contribution < 1.29 is 8.42 Å². The van der Waals surface area contributed by atoms with E-state index in [0.717, 1.165) is 12.8 Å². The summed E-state index contributed by atoms with van der Waals surface area (Å²) >= 11 is 0. The Balaban J connectivity index is 3.12. The Morgan fingerprint density at radius 1 is 1.20 bits per heavy atom. The number of rotatable bonds is 8. The number of anilines is 1. The summed E-state index contributed by atoms with van der Waals surface area (Å²) in [5.74, 6) is 5.79. The molecule has 0 heterocycles. The van der Waals surface area contributed by atoms with E-state index in [2.05, 4.69) is 19.3 Å². The van der Waals surface area contributed by atoms with E-state index >= 15 is 0 Å². The average Bonchev–Trinajstić information content (AvgIpc) is 2.48. The van der Waals surface area contributed by atoms with Crippen molar-refractivity contribution in [3.8, 4) is 0 Å². The van der Waals surface area contributed by atoms with Crippen LogP contribution in [0.15, 0.2) is 29.2 Å². The highest BCUT2D eigenvalue weighted by Crippen LogP contribution is 2.25. The van der Waals surface area contributed by atoms with E-state index in [-0.39, 0.29) is 4.90 Å². The monoisotopic (exact) mass is 299 g/mol. The summed E-state index contributed by atoms with van der Waals surface area (Å²) in [4.78, 5) is 0.232. The van der Waals surface area contributed by atoms with Gasteiger partial charge in [0.25, 0.3) is 0 Å². The lowest BCUT2D eigenvalue weighted by Crippen LogP contribution is -2.35. The lowest BCUT2D eigenvalue weighted by Gasteiger charge is -2.25. The molecule has 0 unspecified atom stereocenters. The molecule has 1 aromatic carbocycles. The zero-order chi connectivity index (χ0) is 15.2. The molecule has 3 N–H and O–H groups in total. The minimum Gasteiger partial charge on any atom is -0.323 e. The van der Waals surface area contributed by atoms with Crippen LogP contribution in [-0.2, 0) is 10.0 Å². The molecule has 1 rings (SSSR count). The fourth-order valence-corrected chi connectivity index (χ4v) is 3.86. The highest BCUT2D eigenvalue weighted by Gasteiger charge is 2.27. The normalized spacial score (nSPS) is 12.1. The van der Waals surface area contributed by atoms with Gasteiger partial charge in [-0.15, -0.1) is 0 Å². The Labute approximate surface area is 122 Å². The van der Waals surface area contributed by atoms with E-state index in [0.29, 0.717) is 24.7 Å². The summed E-state index contributed by atoms with van der Waals surface area (Å²) in [6.07, 6.45) is 1.94. The Morgan fingerprint density at radius 2 is 1.80 bits per heavy atom. The van der Waals surface area contributed by atoms with E-state index in [4.69, 9.17) is 5.84 Å². The Bertz CT molecular complexity index is 513. The van der Waals surface area contributed by atoms with Crippen LogP contribution in [0.5, 0.6) is 0 Å². The largest absolute Gasteiger partial charge is 0.323 e. The van der Waals surface area contributed by atoms with Gasteiger partial charge in [0.05, 0.1) is 5.69 Å². The van der Waals surface area contributed by atoms with Crippen molar-refractivity contribution in [2.75, 3.05) is 18.5 Å². The lowest BCUT2D eigenvalue weighted by atomic mass is 10.0. The third-order valence-corrected chi connectivity index (χ3v) is 5.63. The zero-order valence-electron chi connectivity index (χ0n) is 12.5. The highest BCUT2D eigenvalue weighted by atomic mass is 32.2. The predicted molar refractivity (Wildman–Crippen MR) is 82.8 cm³/mol. The van der Waals surface area contributed by atoms with Crippen LogP contribution in [-0.4, -0.2) is 25.8 Å². The molecule has 0 aliphatic heterocycles. The van der Waals surface area contributed by atoms with Crippen LogP contribution in [0.1, 0.15) is 33.6 Å². The molecule has 0 aromatic heterocycles. The van der Waals surface area contributed by atoms with Crippen molar-refractivity contribution in [1.82, 2.24) is 4.31 Å². The highest BCUT2D eigenvalue weighted by molar-refractivity contribution is 7.89. The van der Waals surface area contributed by atoms with Crippen molar-refractivity contribution in [3.63, 3.8) is 0 Å². The van der Waals surface area contributed by atoms with Crippen molar-refractivity contribution in [3.05, 3.63) is 24.3 Å². The van der Waals surface area contributed by atoms with Crippen LogP contribution in [0.25, 0.3) is 0 Å². The van der Waals surface area contributed by atoms with Gasteiger partial charge in [0.1, 0.15) is 4.90 Å². The van der Waals surface area contributed by atoms with Crippen LogP contribution < -0.4 is 11.3 Å². The van der Waals surface area contributed by atoms with Gasteiger partial charge in [-0.05, 0) is 18.1 Å². The second-order valence-corrected chi connectivity index (χ2v) is 6.69. The molecule has 1 aromatic rings. The Kier molecular flexibility index (Phi) is 6.45. The molecule has 0 bridgehead atoms. The molecule has 114 valence electrons. The van der Waals surface area contributed by atoms with Crippen molar-refractivity contribution in [2.45, 2.75) is 38.5 Å². The number of nitrogen functional groups attached to an aromatic ring is 1. The molecule has 0 spiro atoms. The molecule has 5 nitrogen and oxygen atoms in total. The number of nitrogens with one attached hydrogen (secondary N) is 1. The van der Waals surface area contributed by atoms with Gasteiger partial charge in [0, 0.05) is 13.1 Å². The zero-order valence-corrected chi connectivity index (χ0v) is 13.3. The van der Waals surface area contributed by atoms with Crippen LogP contribution in [0, 0.1) is 5.92 Å². The third kappa shape index (κ3) is 3.71. The van der Waals surface area contributed by atoms with Gasteiger partial charge in [-0.3, -0.25) is 5.84 Å². The Hall–Kier alpha value is -1.11. The van der Waals surface area contributed by atoms with E-state index in [1.807, 2.05) is 6.92 Å². The Morgan fingerprint density at radius 3 is 2.30 bits per heavy atom. The molecule has 0 amide bonds. The van der Waals surface area contributed by atoms with Gasteiger partial charge < -0.3 is 5.43 Å². The molecule has 0 atom stereocenters. The van der Waals surface area contributed by atoms with E-state index in [1.54, 1.807) is 24.3 Å². The summed E-state index contributed by atoms with van der Waals surface area (Å²) in [5.41, 5.74) is 2.88. The standard InChI is InChI=1S/C14H25N3O2S/c1-4-12(5-2)11-17(6-3)20(18,19)14-10-8-7-9-13(14)16-15/h7-10,12,16H,4-6,11,15H2,1-3H3. The number of hydrazine groups is 1. The maximum atomic E-state index is 12.7. The fraction of sp³-hybridized carbons (Fsp3) is 0.571. The first-order valence-electron chi connectivity index (χ1n) is 7.06. The summed E-state index contributed by atoms with van der Waals surface area (Å²) in [5, 5.41) is 0. The van der Waals surface area contributed by atoms with Crippen LogP contribution in [0.4, 0.5) is 5.69 Å². The molecular weight excluding hydrogens is 274 g/mol. The molecule has 0 fully saturated rings. The van der Waals surface area contributed by atoms with Crippen molar-refractivity contribution in [1.29, 1.82) is 0 Å². The first-order chi connectivity index (χ1) is 9.51. The van der Waals surface area contributed by atoms with Gasteiger partial charge in [-0.2, -0.15) is 4.31 Å². The van der Waals surface area contributed by atoms with E-state index in [1.165, 1.54) is 4.31 Å². The molecule has 0 radical (unpaired) electrons. The number of sulfonamides is 1. The number of nitrogens with zero attached hydrogens (tertiary/aromatic N) is 1. The minimum atomic E-state index is -3.52. The third-order valence-electron chi connectivity index (χ3n) is 3.63. The topological polar surface area (TPSA) is 75.4 Å². The van der Waals surface area contributed by atoms with Gasteiger partial charge in [-0.25, -0.2) is 8.42 Å². The predicted octanol–water partition coefficient (Wildman–Crippen LogP) is 2.42. The van der Waals surface area contributed by atoms with E-state index < -0.39 is 10.0 Å². The number of benzene rings is 1. The SMILES string of the molecule is CCC(CC)CN(CC)S(=O)(=O)c1ccccc1NN. The van der Waals surface area contributed by atoms with Gasteiger partial charge in [0.15, 0.2) is 0 Å². The van der Waals surface area contributed by atoms with Crippen LogP contribution >= 0.6 is 0 Å². The summed E-state index contributed by atoms with van der Waals surface area (Å²) in [7, 11) is -3.52. The second kappa shape index (κ2) is 7.61. The average molecular weight is 299 g/mol. The minimum absolute atomic E-state index is 0.232. The molecule has 0 saturated carbocycles. The van der Waals surface area contributed by atoms with Crippen molar-refractivity contribution >= 4 is 15.7 Å². The number of nitrogens with two attached hydrogens (primary N) is 1. The molecule has 0 aliphatic rings. The fourth-order valence-electron chi connectivity index (χ4n) is 2.18. The van der Waals surface area contributed by atoms with Gasteiger partial charge in [0.2, 0.25) is 10.0 Å². The number of para-hydroxylation sites is 1. The summed E-state index contributed by atoms with van der Waals surface area (Å²) in [6.45, 7) is 7.04. The first-order valence-corrected chi connectivity index (χ1v) is 8.50. The lowest BCUT2D eigenvalue weighted by molar-refractivity contribution is 0.339. The summed E-state index contributed by atoms with van der Waals surface area (Å²) < 4.78 is 27.0. The van der Waals surface area contributed by atoms with Gasteiger partial charge >= 0.3 is 0 Å². The number of hydrogen-bond donors (Lipinski definition) is 2. The quantitative estimate of drug-likeness (QED) is 0.571. The number of hydrogen-bond acceptors (Lipinski definition) is 4. The van der Waals surface area contributed by atoms with E-state index in [9.17, 15) is 8.42 Å². The second-order valence-electron chi connectivity index (χ2n) is 4.78. The summed E-state index contributed by atoms with van der Waals surface area (Å²) in [6, 6.07) is 6.71. The van der Waals surface area contributed by atoms with Crippen molar-refractivity contribution in [2.24, 2.45) is 11.8 Å². The molecule has 20 heavy (non-hydrogen) atoms. The smallest absolute Gasteiger partial charge is 0.245 e. The maximum absolute atomic E-state index is 12.7. The molecule has 0 aliphatic carbocycles. The molecule has 0 saturated heterocycles. The maximum Gasteiger partial charge on any atom is 0.245 e.